The van der Waals surface area contributed by atoms with E-state index < -0.39 is 0 Å². The summed E-state index contributed by atoms with van der Waals surface area (Å²) in [6, 6.07) is 0. The zero-order valence-corrected chi connectivity index (χ0v) is 7.69. The Morgan fingerprint density at radius 2 is 1.45 bits per heavy atom. The largest absolute Gasteiger partial charge is 0.0813 e. The monoisotopic (exact) mass is 150 g/mol. The Morgan fingerprint density at radius 3 is 1.82 bits per heavy atom. The van der Waals surface area contributed by atoms with Gasteiger partial charge in [-0.2, -0.15) is 0 Å². The second kappa shape index (κ2) is 4.38. The van der Waals surface area contributed by atoms with Crippen LogP contribution in [-0.2, 0) is 0 Å². The first-order valence-corrected chi connectivity index (χ1v) is 4.77. The predicted molar refractivity (Wildman–Crippen MR) is 50.6 cm³/mol. The quantitative estimate of drug-likeness (QED) is 0.561. The van der Waals surface area contributed by atoms with Gasteiger partial charge in [-0.05, 0) is 43.3 Å². The van der Waals surface area contributed by atoms with E-state index in [0.29, 0.717) is 0 Å². The fraction of sp³-hybridized carbons (Fsp3) is 0.636. The molecule has 0 aromatic heterocycles. The van der Waals surface area contributed by atoms with Gasteiger partial charge < -0.3 is 0 Å². The van der Waals surface area contributed by atoms with E-state index in [-0.39, 0.29) is 0 Å². The van der Waals surface area contributed by atoms with Crippen LogP contribution in [0.2, 0.25) is 0 Å². The van der Waals surface area contributed by atoms with Crippen molar-refractivity contribution < 1.29 is 0 Å². The average molecular weight is 150 g/mol. The molecule has 0 nitrogen and oxygen atoms in total. The Morgan fingerprint density at radius 1 is 1.00 bits per heavy atom. The molecule has 0 saturated heterocycles. The summed E-state index contributed by atoms with van der Waals surface area (Å²) >= 11 is 0. The van der Waals surface area contributed by atoms with Crippen molar-refractivity contribution in [3.63, 3.8) is 0 Å². The topological polar surface area (TPSA) is 0 Å². The van der Waals surface area contributed by atoms with Crippen molar-refractivity contribution in [3.8, 4) is 0 Å². The molecule has 0 unspecified atom stereocenters. The van der Waals surface area contributed by atoms with Crippen molar-refractivity contribution in [3.05, 3.63) is 23.3 Å². The SMILES string of the molecule is CC/C=C1/CCC/C1=C\CC. The molecule has 0 atom stereocenters. The molecule has 0 heteroatoms. The Labute approximate surface area is 70.0 Å². The Balaban J connectivity index is 2.65. The van der Waals surface area contributed by atoms with Gasteiger partial charge in [-0.3, -0.25) is 0 Å². The summed E-state index contributed by atoms with van der Waals surface area (Å²) in [5, 5.41) is 0. The smallest absolute Gasteiger partial charge is 0.0276 e. The van der Waals surface area contributed by atoms with Crippen LogP contribution in [0.15, 0.2) is 23.3 Å². The van der Waals surface area contributed by atoms with Crippen LogP contribution in [0, 0.1) is 0 Å². The zero-order valence-electron chi connectivity index (χ0n) is 7.69. The second-order valence-electron chi connectivity index (χ2n) is 3.13. The summed E-state index contributed by atoms with van der Waals surface area (Å²) in [5.74, 6) is 0. The summed E-state index contributed by atoms with van der Waals surface area (Å²) in [6.45, 7) is 4.43. The highest BCUT2D eigenvalue weighted by atomic mass is 14.2. The second-order valence-corrected chi connectivity index (χ2v) is 3.13. The van der Waals surface area contributed by atoms with Crippen molar-refractivity contribution in [2.45, 2.75) is 46.0 Å². The predicted octanol–water partition coefficient (Wildman–Crippen LogP) is 3.84. The van der Waals surface area contributed by atoms with Crippen molar-refractivity contribution in [2.75, 3.05) is 0 Å². The third kappa shape index (κ3) is 2.21. The minimum Gasteiger partial charge on any atom is -0.0813 e. The standard InChI is InChI=1S/C11H18/c1-3-6-10-8-5-9-11(10)7-4-2/h6-7H,3-5,8-9H2,1-2H3/b10-6-,11-7+. The first-order valence-electron chi connectivity index (χ1n) is 4.77. The summed E-state index contributed by atoms with van der Waals surface area (Å²) in [5.41, 5.74) is 3.24. The maximum atomic E-state index is 2.38. The molecule has 0 aliphatic heterocycles. The molecule has 0 aromatic rings. The van der Waals surface area contributed by atoms with Crippen LogP contribution in [0.3, 0.4) is 0 Å². The van der Waals surface area contributed by atoms with Gasteiger partial charge in [-0.1, -0.05) is 26.0 Å². The molecular formula is C11H18. The van der Waals surface area contributed by atoms with Crippen molar-refractivity contribution >= 4 is 0 Å². The summed E-state index contributed by atoms with van der Waals surface area (Å²) in [7, 11) is 0. The normalized spacial score (nSPS) is 25.3. The van der Waals surface area contributed by atoms with Gasteiger partial charge in [0.2, 0.25) is 0 Å². The maximum Gasteiger partial charge on any atom is -0.0276 e. The lowest BCUT2D eigenvalue weighted by atomic mass is 10.1. The van der Waals surface area contributed by atoms with Gasteiger partial charge in [0.25, 0.3) is 0 Å². The van der Waals surface area contributed by atoms with Crippen LogP contribution in [-0.4, -0.2) is 0 Å². The third-order valence-electron chi connectivity index (χ3n) is 2.21. The first-order chi connectivity index (χ1) is 5.38. The van der Waals surface area contributed by atoms with E-state index in [1.807, 2.05) is 0 Å². The summed E-state index contributed by atoms with van der Waals surface area (Å²) in [6.07, 6.45) is 11.2. The van der Waals surface area contributed by atoms with Crippen molar-refractivity contribution in [1.29, 1.82) is 0 Å². The van der Waals surface area contributed by atoms with E-state index in [1.54, 1.807) is 11.1 Å². The Hall–Kier alpha value is -0.520. The van der Waals surface area contributed by atoms with E-state index >= 15 is 0 Å². The Bertz CT molecular complexity index is 152. The van der Waals surface area contributed by atoms with E-state index in [9.17, 15) is 0 Å². The fourth-order valence-corrected chi connectivity index (χ4v) is 1.75. The molecule has 62 valence electrons. The van der Waals surface area contributed by atoms with Gasteiger partial charge in [0.15, 0.2) is 0 Å². The molecule has 0 bridgehead atoms. The number of allylic oxidation sites excluding steroid dienone is 4. The molecular weight excluding hydrogens is 132 g/mol. The molecule has 11 heavy (non-hydrogen) atoms. The highest BCUT2D eigenvalue weighted by Gasteiger charge is 2.11. The van der Waals surface area contributed by atoms with Crippen molar-refractivity contribution in [1.82, 2.24) is 0 Å². The van der Waals surface area contributed by atoms with Crippen LogP contribution in [0.4, 0.5) is 0 Å². The minimum atomic E-state index is 1.19. The van der Waals surface area contributed by atoms with Crippen LogP contribution in [0.1, 0.15) is 46.0 Å². The van der Waals surface area contributed by atoms with Gasteiger partial charge in [0.1, 0.15) is 0 Å². The van der Waals surface area contributed by atoms with E-state index in [2.05, 4.69) is 26.0 Å². The molecule has 0 aromatic carbocycles. The molecule has 0 N–H and O–H groups in total. The average Bonchev–Trinajstić information content (AvgIpc) is 2.39. The molecule has 1 fully saturated rings. The lowest BCUT2D eigenvalue weighted by molar-refractivity contribution is 0.928. The molecule has 1 aliphatic carbocycles. The lowest BCUT2D eigenvalue weighted by Gasteiger charge is -1.98. The molecule has 1 saturated carbocycles. The Kier molecular flexibility index (Phi) is 3.41. The molecule has 0 radical (unpaired) electrons. The van der Waals surface area contributed by atoms with E-state index in [1.165, 1.54) is 32.1 Å². The van der Waals surface area contributed by atoms with E-state index in [4.69, 9.17) is 0 Å². The van der Waals surface area contributed by atoms with Crippen molar-refractivity contribution in [2.24, 2.45) is 0 Å². The summed E-state index contributed by atoms with van der Waals surface area (Å²) < 4.78 is 0. The van der Waals surface area contributed by atoms with Gasteiger partial charge in [-0.25, -0.2) is 0 Å². The van der Waals surface area contributed by atoms with E-state index in [0.717, 1.165) is 0 Å². The molecule has 1 aliphatic rings. The molecule has 1 rings (SSSR count). The number of rotatable bonds is 2. The van der Waals surface area contributed by atoms with Gasteiger partial charge in [0.05, 0.1) is 0 Å². The fourth-order valence-electron chi connectivity index (χ4n) is 1.75. The van der Waals surface area contributed by atoms with Gasteiger partial charge in [-0.15, -0.1) is 0 Å². The minimum absolute atomic E-state index is 1.19. The van der Waals surface area contributed by atoms with Crippen LogP contribution in [0.25, 0.3) is 0 Å². The lowest BCUT2D eigenvalue weighted by Crippen LogP contribution is -1.78. The maximum absolute atomic E-state index is 2.38. The molecule has 0 spiro atoms. The molecule has 0 amide bonds. The van der Waals surface area contributed by atoms with Crippen LogP contribution < -0.4 is 0 Å². The highest BCUT2D eigenvalue weighted by molar-refractivity contribution is 5.34. The summed E-state index contributed by atoms with van der Waals surface area (Å²) in [4.78, 5) is 0. The van der Waals surface area contributed by atoms with Gasteiger partial charge >= 0.3 is 0 Å². The zero-order chi connectivity index (χ0) is 8.10. The number of hydrogen-bond acceptors (Lipinski definition) is 0. The van der Waals surface area contributed by atoms with Crippen LogP contribution >= 0.6 is 0 Å². The number of hydrogen-bond donors (Lipinski definition) is 0. The van der Waals surface area contributed by atoms with Gasteiger partial charge in [0, 0.05) is 0 Å². The first kappa shape index (κ1) is 8.58. The molecule has 0 heterocycles. The third-order valence-corrected chi connectivity index (χ3v) is 2.21. The highest BCUT2D eigenvalue weighted by Crippen LogP contribution is 2.30. The van der Waals surface area contributed by atoms with Crippen LogP contribution in [0.5, 0.6) is 0 Å².